The zero-order valence-corrected chi connectivity index (χ0v) is 21.3. The summed E-state index contributed by atoms with van der Waals surface area (Å²) >= 11 is 0. The minimum absolute atomic E-state index is 0.0660. The molecule has 1 aliphatic heterocycles. The highest BCUT2D eigenvalue weighted by Gasteiger charge is 2.34. The summed E-state index contributed by atoms with van der Waals surface area (Å²) < 4.78 is 5.37. The second-order valence-electron chi connectivity index (χ2n) is 9.55. The Kier molecular flexibility index (Phi) is 9.31. The Morgan fingerprint density at radius 1 is 1.28 bits per heavy atom. The molecule has 1 aliphatic rings. The van der Waals surface area contributed by atoms with Crippen LogP contribution in [0, 0.1) is 23.2 Å². The van der Waals surface area contributed by atoms with Crippen molar-refractivity contribution in [2.75, 3.05) is 20.2 Å². The standard InChI is InChI=1S/C26H36N6O4/c1-5-28-22(14-27)19(12-16-9-10-29-24(16)33)31-25(34)20(11-15(2)3)32-26(35)21-13-17-18(30-21)7-6-8-23(17)36-4/h6-8,13,15-16,19-20,22,28,30H,5,9-12H2,1-4H3,(H,29,33)(H,31,34)(H,32,35)/t16-,19-,20-,22-/m0/s1. The molecular formula is C26H36N6O4. The highest BCUT2D eigenvalue weighted by Crippen LogP contribution is 2.26. The number of hydrogen-bond acceptors (Lipinski definition) is 6. The fraction of sp³-hybridized carbons (Fsp3) is 0.538. The molecule has 194 valence electrons. The van der Waals surface area contributed by atoms with Gasteiger partial charge in [0.2, 0.25) is 11.8 Å². The lowest BCUT2D eigenvalue weighted by Gasteiger charge is -2.28. The molecule has 2 heterocycles. The van der Waals surface area contributed by atoms with E-state index < -0.39 is 24.0 Å². The number of methoxy groups -OCH3 is 1. The number of benzene rings is 1. The number of rotatable bonds is 12. The van der Waals surface area contributed by atoms with E-state index in [-0.39, 0.29) is 23.7 Å². The summed E-state index contributed by atoms with van der Waals surface area (Å²) in [4.78, 5) is 41.8. The van der Waals surface area contributed by atoms with Crippen molar-refractivity contribution in [3.05, 3.63) is 30.0 Å². The van der Waals surface area contributed by atoms with Crippen LogP contribution in [0.15, 0.2) is 24.3 Å². The third kappa shape index (κ3) is 6.55. The quantitative estimate of drug-likeness (QED) is 0.303. The fourth-order valence-electron chi connectivity index (χ4n) is 4.60. The van der Waals surface area contributed by atoms with Crippen molar-refractivity contribution < 1.29 is 19.1 Å². The number of carbonyl (C=O) groups excluding carboxylic acids is 3. The summed E-state index contributed by atoms with van der Waals surface area (Å²) in [5, 5.41) is 22.2. The maximum Gasteiger partial charge on any atom is 0.268 e. The van der Waals surface area contributed by atoms with Gasteiger partial charge in [-0.25, -0.2) is 0 Å². The monoisotopic (exact) mass is 496 g/mol. The smallest absolute Gasteiger partial charge is 0.268 e. The van der Waals surface area contributed by atoms with E-state index >= 15 is 0 Å². The first-order chi connectivity index (χ1) is 17.3. The van der Waals surface area contributed by atoms with Crippen LogP contribution in [0.1, 0.15) is 50.5 Å². The van der Waals surface area contributed by atoms with Gasteiger partial charge >= 0.3 is 0 Å². The fourth-order valence-corrected chi connectivity index (χ4v) is 4.60. The van der Waals surface area contributed by atoms with Crippen LogP contribution in [-0.4, -0.2) is 61.0 Å². The zero-order valence-electron chi connectivity index (χ0n) is 21.3. The van der Waals surface area contributed by atoms with Crippen LogP contribution < -0.4 is 26.0 Å². The van der Waals surface area contributed by atoms with Gasteiger partial charge in [0.15, 0.2) is 0 Å². The number of aromatic amines is 1. The molecule has 2 aromatic rings. The normalized spacial score (nSPS) is 17.8. The molecule has 1 fully saturated rings. The van der Waals surface area contributed by atoms with Gasteiger partial charge in [-0.05, 0) is 49.9 Å². The number of amides is 3. The van der Waals surface area contributed by atoms with Crippen molar-refractivity contribution in [1.29, 1.82) is 5.26 Å². The molecule has 4 atom stereocenters. The first-order valence-electron chi connectivity index (χ1n) is 12.4. The van der Waals surface area contributed by atoms with Crippen molar-refractivity contribution in [1.82, 2.24) is 26.3 Å². The van der Waals surface area contributed by atoms with E-state index in [1.165, 1.54) is 0 Å². The molecule has 5 N–H and O–H groups in total. The molecule has 0 spiro atoms. The number of nitriles is 1. The first kappa shape index (κ1) is 27.0. The Morgan fingerprint density at radius 2 is 2.06 bits per heavy atom. The Labute approximate surface area is 211 Å². The van der Waals surface area contributed by atoms with Crippen molar-refractivity contribution in [2.45, 2.75) is 58.2 Å². The third-order valence-electron chi connectivity index (χ3n) is 6.41. The third-order valence-corrected chi connectivity index (χ3v) is 6.41. The topological polar surface area (TPSA) is 148 Å². The van der Waals surface area contributed by atoms with Crippen molar-refractivity contribution in [2.24, 2.45) is 11.8 Å². The summed E-state index contributed by atoms with van der Waals surface area (Å²) in [6, 6.07) is 7.34. The number of fused-ring (bicyclic) bond motifs is 1. The number of H-pyrrole nitrogens is 1. The molecule has 1 saturated heterocycles. The average molecular weight is 497 g/mol. The lowest BCUT2D eigenvalue weighted by Crippen LogP contribution is -2.56. The van der Waals surface area contributed by atoms with Gasteiger partial charge in [-0.2, -0.15) is 5.26 Å². The van der Waals surface area contributed by atoms with Gasteiger partial charge in [0.05, 0.1) is 19.2 Å². The van der Waals surface area contributed by atoms with E-state index in [0.717, 1.165) is 10.9 Å². The molecule has 0 bridgehead atoms. The van der Waals surface area contributed by atoms with Gasteiger partial charge < -0.3 is 31.0 Å². The van der Waals surface area contributed by atoms with E-state index in [0.29, 0.717) is 43.8 Å². The number of nitrogens with zero attached hydrogens (tertiary/aromatic N) is 1. The van der Waals surface area contributed by atoms with E-state index in [1.807, 2.05) is 39.0 Å². The van der Waals surface area contributed by atoms with Gasteiger partial charge in [-0.15, -0.1) is 0 Å². The van der Waals surface area contributed by atoms with E-state index in [2.05, 4.69) is 32.3 Å². The molecule has 10 heteroatoms. The van der Waals surface area contributed by atoms with Crippen LogP contribution in [0.2, 0.25) is 0 Å². The summed E-state index contributed by atoms with van der Waals surface area (Å²) in [5.74, 6) is -0.364. The Hall–Kier alpha value is -3.58. The van der Waals surface area contributed by atoms with Gasteiger partial charge in [-0.3, -0.25) is 14.4 Å². The van der Waals surface area contributed by atoms with Crippen LogP contribution in [0.3, 0.4) is 0 Å². The second kappa shape index (κ2) is 12.4. The first-order valence-corrected chi connectivity index (χ1v) is 12.4. The van der Waals surface area contributed by atoms with Crippen LogP contribution >= 0.6 is 0 Å². The summed E-state index contributed by atoms with van der Waals surface area (Å²) in [6.45, 7) is 6.94. The molecule has 0 unspecified atom stereocenters. The molecule has 0 aliphatic carbocycles. The van der Waals surface area contributed by atoms with Crippen LogP contribution in [0.25, 0.3) is 10.9 Å². The predicted molar refractivity (Wildman–Crippen MR) is 136 cm³/mol. The number of nitrogens with one attached hydrogen (secondary N) is 5. The molecule has 36 heavy (non-hydrogen) atoms. The van der Waals surface area contributed by atoms with Gasteiger partial charge in [0, 0.05) is 23.4 Å². The van der Waals surface area contributed by atoms with Crippen LogP contribution in [-0.2, 0) is 9.59 Å². The number of likely N-dealkylation sites (N-methyl/N-ethyl adjacent to an activating group) is 1. The highest BCUT2D eigenvalue weighted by atomic mass is 16.5. The highest BCUT2D eigenvalue weighted by molar-refractivity contribution is 6.01. The number of carbonyl (C=O) groups is 3. The predicted octanol–water partition coefficient (Wildman–Crippen LogP) is 1.83. The summed E-state index contributed by atoms with van der Waals surface area (Å²) in [6.07, 6.45) is 1.41. The Bertz CT molecular complexity index is 1120. The molecule has 3 amide bonds. The molecule has 0 saturated carbocycles. The van der Waals surface area contributed by atoms with Gasteiger partial charge in [-0.1, -0.05) is 26.8 Å². The maximum absolute atomic E-state index is 13.4. The molecule has 1 aromatic carbocycles. The maximum atomic E-state index is 13.4. The average Bonchev–Trinajstić information content (AvgIpc) is 3.47. The number of ether oxygens (including phenoxy) is 1. The minimum Gasteiger partial charge on any atom is -0.496 e. The largest absolute Gasteiger partial charge is 0.496 e. The molecule has 3 rings (SSSR count). The van der Waals surface area contributed by atoms with E-state index in [1.54, 1.807) is 13.2 Å². The molecule has 0 radical (unpaired) electrons. The zero-order chi connectivity index (χ0) is 26.2. The molecule has 10 nitrogen and oxygen atoms in total. The minimum atomic E-state index is -0.813. The lowest BCUT2D eigenvalue weighted by atomic mass is 9.93. The van der Waals surface area contributed by atoms with Crippen LogP contribution in [0.5, 0.6) is 5.75 Å². The van der Waals surface area contributed by atoms with Crippen molar-refractivity contribution in [3.8, 4) is 11.8 Å². The lowest BCUT2D eigenvalue weighted by molar-refractivity contribution is -0.126. The summed E-state index contributed by atoms with van der Waals surface area (Å²) in [7, 11) is 1.57. The molecular weight excluding hydrogens is 460 g/mol. The molecule has 1 aromatic heterocycles. The van der Waals surface area contributed by atoms with Crippen molar-refractivity contribution in [3.63, 3.8) is 0 Å². The number of hydrogen-bond donors (Lipinski definition) is 5. The Balaban J connectivity index is 1.79. The van der Waals surface area contributed by atoms with Crippen LogP contribution in [0.4, 0.5) is 0 Å². The SMILES string of the molecule is CCN[C@@H](C#N)[C@H](C[C@@H]1CCNC1=O)NC(=O)[C@H](CC(C)C)NC(=O)c1cc2c(OC)cccc2[nH]1. The number of aromatic nitrogens is 1. The Morgan fingerprint density at radius 3 is 2.67 bits per heavy atom. The van der Waals surface area contributed by atoms with Crippen molar-refractivity contribution >= 4 is 28.6 Å². The van der Waals surface area contributed by atoms with Gasteiger partial charge in [0.25, 0.3) is 5.91 Å². The summed E-state index contributed by atoms with van der Waals surface area (Å²) in [5.41, 5.74) is 1.07. The van der Waals surface area contributed by atoms with E-state index in [9.17, 15) is 19.6 Å². The van der Waals surface area contributed by atoms with E-state index in [4.69, 9.17) is 4.74 Å². The second-order valence-corrected chi connectivity index (χ2v) is 9.55. The van der Waals surface area contributed by atoms with Gasteiger partial charge in [0.1, 0.15) is 23.5 Å².